The number of aromatic nitrogens is 3. The van der Waals surface area contributed by atoms with Crippen LogP contribution in [0.1, 0.15) is 31.7 Å². The molecule has 2 aliphatic rings. The summed E-state index contributed by atoms with van der Waals surface area (Å²) in [5.74, 6) is -0.337. The number of carbonyl (C=O) groups excluding carboxylic acids is 1. The second kappa shape index (κ2) is 7.74. The Labute approximate surface area is 164 Å². The highest BCUT2D eigenvalue weighted by Gasteiger charge is 2.32. The minimum atomic E-state index is -0.940. The maximum Gasteiger partial charge on any atom is 0.306 e. The van der Waals surface area contributed by atoms with Gasteiger partial charge in [0, 0.05) is 30.9 Å². The van der Waals surface area contributed by atoms with Crippen LogP contribution in [0.15, 0.2) is 23.4 Å². The Kier molecular flexibility index (Phi) is 5.16. The van der Waals surface area contributed by atoms with Gasteiger partial charge in [0.25, 0.3) is 0 Å². The Hall–Kier alpha value is -2.69. The molecular formula is C17H19FN6O3S. The summed E-state index contributed by atoms with van der Waals surface area (Å²) in [6, 6.07) is 3.66. The molecule has 1 N–H and O–H groups in total. The molecular weight excluding hydrogens is 387 g/mol. The van der Waals surface area contributed by atoms with Crippen LogP contribution in [0.25, 0.3) is 0 Å². The van der Waals surface area contributed by atoms with E-state index in [-0.39, 0.29) is 17.3 Å². The quantitative estimate of drug-likeness (QED) is 0.428. The van der Waals surface area contributed by atoms with E-state index in [1.54, 1.807) is 0 Å². The summed E-state index contributed by atoms with van der Waals surface area (Å²) in [4.78, 5) is 24.5. The molecule has 11 heteroatoms. The van der Waals surface area contributed by atoms with Crippen LogP contribution in [-0.2, 0) is 4.79 Å². The number of nitrogens with one attached hydrogen (secondary N) is 1. The number of anilines is 2. The number of hydrogen-bond donors (Lipinski definition) is 1. The van der Waals surface area contributed by atoms with Crippen LogP contribution in [0.2, 0.25) is 0 Å². The highest BCUT2D eigenvalue weighted by Crippen LogP contribution is 2.41. The predicted molar refractivity (Wildman–Crippen MR) is 102 cm³/mol. The Morgan fingerprint density at radius 1 is 1.32 bits per heavy atom. The number of thioether (sulfide) groups is 1. The van der Waals surface area contributed by atoms with Crippen molar-refractivity contribution in [1.82, 2.24) is 14.8 Å². The SMILES string of the molecule is O=C(CSc1nnc(N2CCCC2)n1C1CC1)Nc1ccc(F)c([N+](=O)[O-])c1. The third kappa shape index (κ3) is 3.93. The zero-order valence-corrected chi connectivity index (χ0v) is 15.8. The Morgan fingerprint density at radius 2 is 2.07 bits per heavy atom. The van der Waals surface area contributed by atoms with Crippen LogP contribution in [0, 0.1) is 15.9 Å². The predicted octanol–water partition coefficient (Wildman–Crippen LogP) is 2.99. The van der Waals surface area contributed by atoms with Crippen molar-refractivity contribution in [1.29, 1.82) is 0 Å². The van der Waals surface area contributed by atoms with E-state index in [4.69, 9.17) is 0 Å². The van der Waals surface area contributed by atoms with E-state index in [0.717, 1.165) is 56.9 Å². The fourth-order valence-electron chi connectivity index (χ4n) is 3.21. The fraction of sp³-hybridized carbons (Fsp3) is 0.471. The average molecular weight is 406 g/mol. The highest BCUT2D eigenvalue weighted by molar-refractivity contribution is 7.99. The second-order valence-corrected chi connectivity index (χ2v) is 7.78. The standard InChI is InChI=1S/C17H19FN6O3S/c18-13-6-3-11(9-14(13)24(26)27)19-15(25)10-28-17-21-20-16(22-7-1-2-8-22)23(17)12-4-5-12/h3,6,9,12H,1-2,4-5,7-8,10H2,(H,19,25). The van der Waals surface area contributed by atoms with Crippen LogP contribution in [0.4, 0.5) is 21.7 Å². The Morgan fingerprint density at radius 3 is 2.75 bits per heavy atom. The monoisotopic (exact) mass is 406 g/mol. The van der Waals surface area contributed by atoms with Crippen molar-refractivity contribution in [3.8, 4) is 0 Å². The highest BCUT2D eigenvalue weighted by atomic mass is 32.2. The van der Waals surface area contributed by atoms with Gasteiger partial charge in [-0.2, -0.15) is 4.39 Å². The van der Waals surface area contributed by atoms with Crippen molar-refractivity contribution in [3.05, 3.63) is 34.1 Å². The summed E-state index contributed by atoms with van der Waals surface area (Å²) < 4.78 is 15.5. The van der Waals surface area contributed by atoms with Gasteiger partial charge in [-0.05, 0) is 37.8 Å². The lowest BCUT2D eigenvalue weighted by atomic mass is 10.2. The van der Waals surface area contributed by atoms with E-state index in [1.165, 1.54) is 17.8 Å². The van der Waals surface area contributed by atoms with Gasteiger partial charge in [-0.1, -0.05) is 11.8 Å². The molecule has 0 radical (unpaired) electrons. The summed E-state index contributed by atoms with van der Waals surface area (Å²) >= 11 is 1.28. The Bertz CT molecular complexity index is 910. The van der Waals surface area contributed by atoms with Gasteiger partial charge in [-0.25, -0.2) is 0 Å². The molecule has 2 fully saturated rings. The molecule has 1 saturated carbocycles. The summed E-state index contributed by atoms with van der Waals surface area (Å²) in [6.07, 6.45) is 4.45. The lowest BCUT2D eigenvalue weighted by molar-refractivity contribution is -0.387. The van der Waals surface area contributed by atoms with Gasteiger partial charge in [0.2, 0.25) is 17.7 Å². The normalized spacial score (nSPS) is 16.4. The molecule has 1 aromatic heterocycles. The van der Waals surface area contributed by atoms with Crippen LogP contribution in [0.5, 0.6) is 0 Å². The molecule has 1 aliphatic heterocycles. The van der Waals surface area contributed by atoms with E-state index in [1.807, 2.05) is 0 Å². The first kappa shape index (κ1) is 18.7. The zero-order valence-electron chi connectivity index (χ0n) is 15.0. The molecule has 1 amide bonds. The van der Waals surface area contributed by atoms with Gasteiger partial charge in [-0.15, -0.1) is 10.2 Å². The van der Waals surface area contributed by atoms with Gasteiger partial charge < -0.3 is 10.2 Å². The largest absolute Gasteiger partial charge is 0.341 e. The molecule has 0 unspecified atom stereocenters. The second-order valence-electron chi connectivity index (χ2n) is 6.84. The maximum atomic E-state index is 13.4. The number of amides is 1. The first-order valence-electron chi connectivity index (χ1n) is 9.09. The number of hydrogen-bond acceptors (Lipinski definition) is 7. The number of rotatable bonds is 7. The number of halogens is 1. The molecule has 1 aliphatic carbocycles. The summed E-state index contributed by atoms with van der Waals surface area (Å²) in [7, 11) is 0. The molecule has 9 nitrogen and oxygen atoms in total. The van der Waals surface area contributed by atoms with Gasteiger partial charge in [0.15, 0.2) is 5.16 Å². The van der Waals surface area contributed by atoms with E-state index in [0.29, 0.717) is 11.2 Å². The molecule has 0 bridgehead atoms. The molecule has 4 rings (SSSR count). The molecule has 0 spiro atoms. The van der Waals surface area contributed by atoms with Crippen molar-refractivity contribution >= 4 is 35.0 Å². The Balaban J connectivity index is 1.41. The first-order valence-corrected chi connectivity index (χ1v) is 10.1. The van der Waals surface area contributed by atoms with E-state index < -0.39 is 16.4 Å². The van der Waals surface area contributed by atoms with Crippen LogP contribution in [0.3, 0.4) is 0 Å². The third-order valence-corrected chi connectivity index (χ3v) is 5.65. The van der Waals surface area contributed by atoms with E-state index in [2.05, 4.69) is 25.0 Å². The molecule has 2 aromatic rings. The minimum Gasteiger partial charge on any atom is -0.341 e. The average Bonchev–Trinajstić information content (AvgIpc) is 3.18. The van der Waals surface area contributed by atoms with Crippen LogP contribution >= 0.6 is 11.8 Å². The summed E-state index contributed by atoms with van der Waals surface area (Å²) in [5.41, 5.74) is -0.491. The zero-order chi connectivity index (χ0) is 19.7. The first-order chi connectivity index (χ1) is 13.5. The number of nitro benzene ring substituents is 1. The lowest BCUT2D eigenvalue weighted by Crippen LogP contribution is -2.22. The summed E-state index contributed by atoms with van der Waals surface area (Å²) in [5, 5.41) is 22.7. The molecule has 28 heavy (non-hydrogen) atoms. The van der Waals surface area contributed by atoms with E-state index >= 15 is 0 Å². The van der Waals surface area contributed by atoms with Gasteiger partial charge >= 0.3 is 5.69 Å². The van der Waals surface area contributed by atoms with Crippen molar-refractivity contribution in [2.45, 2.75) is 36.9 Å². The van der Waals surface area contributed by atoms with Crippen molar-refractivity contribution in [2.75, 3.05) is 29.1 Å². The summed E-state index contributed by atoms with van der Waals surface area (Å²) in [6.45, 7) is 1.94. The number of nitrogens with zero attached hydrogens (tertiary/aromatic N) is 5. The van der Waals surface area contributed by atoms with Crippen LogP contribution < -0.4 is 10.2 Å². The molecule has 0 atom stereocenters. The molecule has 148 valence electrons. The lowest BCUT2D eigenvalue weighted by Gasteiger charge is -2.17. The minimum absolute atomic E-state index is 0.0794. The van der Waals surface area contributed by atoms with Crippen LogP contribution in [-0.4, -0.2) is 44.4 Å². The number of nitro groups is 1. The number of benzene rings is 1. The maximum absolute atomic E-state index is 13.4. The van der Waals surface area contributed by atoms with Gasteiger partial charge in [0.1, 0.15) is 0 Å². The van der Waals surface area contributed by atoms with Crippen molar-refractivity contribution in [3.63, 3.8) is 0 Å². The third-order valence-electron chi connectivity index (χ3n) is 4.71. The number of carbonyl (C=O) groups is 1. The molecule has 1 aromatic carbocycles. The van der Waals surface area contributed by atoms with Crippen molar-refractivity contribution < 1.29 is 14.1 Å². The van der Waals surface area contributed by atoms with Crippen molar-refractivity contribution in [2.24, 2.45) is 0 Å². The fourth-order valence-corrected chi connectivity index (χ4v) is 4.01. The topological polar surface area (TPSA) is 106 Å². The molecule has 1 saturated heterocycles. The smallest absolute Gasteiger partial charge is 0.306 e. The van der Waals surface area contributed by atoms with Gasteiger partial charge in [-0.3, -0.25) is 19.5 Å². The van der Waals surface area contributed by atoms with E-state index in [9.17, 15) is 19.3 Å². The molecule has 2 heterocycles. The van der Waals surface area contributed by atoms with Gasteiger partial charge in [0.05, 0.1) is 10.7 Å².